The zero-order valence-electron chi connectivity index (χ0n) is 15.2. The van der Waals surface area contributed by atoms with Crippen LogP contribution in [0.3, 0.4) is 0 Å². The summed E-state index contributed by atoms with van der Waals surface area (Å²) in [5.74, 6) is 0.355. The van der Waals surface area contributed by atoms with Gasteiger partial charge in [-0.1, -0.05) is 30.7 Å². The van der Waals surface area contributed by atoms with E-state index >= 15 is 0 Å². The molecule has 2 rings (SSSR count). The zero-order chi connectivity index (χ0) is 18.2. The first-order valence-electron chi connectivity index (χ1n) is 9.32. The minimum Gasteiger partial charge on any atom is -0.356 e. The van der Waals surface area contributed by atoms with Gasteiger partial charge >= 0.3 is 0 Å². The van der Waals surface area contributed by atoms with Crippen molar-refractivity contribution in [3.05, 3.63) is 34.9 Å². The fourth-order valence-electron chi connectivity index (χ4n) is 3.25. The van der Waals surface area contributed by atoms with Crippen molar-refractivity contribution in [1.29, 1.82) is 0 Å². The van der Waals surface area contributed by atoms with Crippen LogP contribution in [0.25, 0.3) is 0 Å². The van der Waals surface area contributed by atoms with E-state index in [0.717, 1.165) is 49.1 Å². The first-order chi connectivity index (χ1) is 12.0. The van der Waals surface area contributed by atoms with Gasteiger partial charge in [0, 0.05) is 29.4 Å². The zero-order valence-corrected chi connectivity index (χ0v) is 15.9. The smallest absolute Gasteiger partial charge is 0.223 e. The molecule has 138 valence electrons. The Morgan fingerprint density at radius 3 is 2.40 bits per heavy atom. The van der Waals surface area contributed by atoms with E-state index in [4.69, 9.17) is 11.6 Å². The molecule has 25 heavy (non-hydrogen) atoms. The molecule has 0 saturated heterocycles. The summed E-state index contributed by atoms with van der Waals surface area (Å²) in [5.41, 5.74) is 1.12. The average molecular weight is 365 g/mol. The molecule has 5 heteroatoms. The molecule has 4 nitrogen and oxygen atoms in total. The van der Waals surface area contributed by atoms with Crippen LogP contribution in [-0.4, -0.2) is 24.4 Å². The summed E-state index contributed by atoms with van der Waals surface area (Å²) < 4.78 is 0. The summed E-state index contributed by atoms with van der Waals surface area (Å²) in [6.45, 7) is 4.71. The molecule has 0 spiro atoms. The summed E-state index contributed by atoms with van der Waals surface area (Å²) >= 11 is 5.97. The van der Waals surface area contributed by atoms with Gasteiger partial charge in [0.1, 0.15) is 0 Å². The SMILES string of the molecule is CCC(C)NC(=O)C1CCC(C(=O)NCCc2cccc(Cl)c2)CC1. The molecular formula is C20H29ClN2O2. The van der Waals surface area contributed by atoms with E-state index in [1.54, 1.807) is 0 Å². The van der Waals surface area contributed by atoms with Gasteiger partial charge in [-0.25, -0.2) is 0 Å². The van der Waals surface area contributed by atoms with Crippen LogP contribution in [0.4, 0.5) is 0 Å². The van der Waals surface area contributed by atoms with E-state index in [1.165, 1.54) is 0 Å². The Bertz CT molecular complexity index is 583. The van der Waals surface area contributed by atoms with Crippen LogP contribution < -0.4 is 10.6 Å². The standard InChI is InChI=1S/C20H29ClN2O2/c1-3-14(2)23-20(25)17-9-7-16(8-10-17)19(24)22-12-11-15-5-4-6-18(21)13-15/h4-6,13-14,16-17H,3,7-12H2,1-2H3,(H,22,24)(H,23,25). The second-order valence-electron chi connectivity index (χ2n) is 7.04. The van der Waals surface area contributed by atoms with Crippen LogP contribution in [0.5, 0.6) is 0 Å². The number of halogens is 1. The highest BCUT2D eigenvalue weighted by atomic mass is 35.5. The maximum absolute atomic E-state index is 12.3. The predicted molar refractivity (Wildman–Crippen MR) is 102 cm³/mol. The van der Waals surface area contributed by atoms with Crippen LogP contribution >= 0.6 is 11.6 Å². The maximum Gasteiger partial charge on any atom is 0.223 e. The molecule has 0 heterocycles. The van der Waals surface area contributed by atoms with Gasteiger partial charge < -0.3 is 10.6 Å². The minimum atomic E-state index is 0.0343. The van der Waals surface area contributed by atoms with Gasteiger partial charge in [0.15, 0.2) is 0 Å². The molecule has 1 aliphatic rings. The number of benzene rings is 1. The highest BCUT2D eigenvalue weighted by molar-refractivity contribution is 6.30. The Morgan fingerprint density at radius 1 is 1.16 bits per heavy atom. The first-order valence-corrected chi connectivity index (χ1v) is 9.70. The first kappa shape index (κ1) is 19.8. The largest absolute Gasteiger partial charge is 0.356 e. The molecule has 1 fully saturated rings. The molecule has 0 aromatic heterocycles. The molecule has 1 aromatic rings. The molecular weight excluding hydrogens is 336 g/mol. The average Bonchev–Trinajstić information content (AvgIpc) is 2.61. The lowest BCUT2D eigenvalue weighted by Crippen LogP contribution is -2.40. The van der Waals surface area contributed by atoms with Gasteiger partial charge in [-0.05, 0) is 63.1 Å². The monoisotopic (exact) mass is 364 g/mol. The summed E-state index contributed by atoms with van der Waals surface area (Å²) in [6.07, 6.45) is 4.90. The van der Waals surface area contributed by atoms with Gasteiger partial charge in [-0.3, -0.25) is 9.59 Å². The van der Waals surface area contributed by atoms with Crippen LogP contribution in [0.2, 0.25) is 5.02 Å². The lowest BCUT2D eigenvalue weighted by molar-refractivity contribution is -0.130. The number of nitrogens with one attached hydrogen (secondary N) is 2. The molecule has 1 saturated carbocycles. The van der Waals surface area contributed by atoms with Crippen LogP contribution in [0.1, 0.15) is 51.5 Å². The lowest BCUT2D eigenvalue weighted by atomic mass is 9.81. The van der Waals surface area contributed by atoms with Crippen molar-refractivity contribution in [3.8, 4) is 0 Å². The molecule has 0 bridgehead atoms. The van der Waals surface area contributed by atoms with E-state index in [2.05, 4.69) is 17.6 Å². The van der Waals surface area contributed by atoms with Gasteiger partial charge in [0.05, 0.1) is 0 Å². The topological polar surface area (TPSA) is 58.2 Å². The Balaban J connectivity index is 1.69. The molecule has 1 atom stereocenters. The lowest BCUT2D eigenvalue weighted by Gasteiger charge is -2.28. The number of hydrogen-bond donors (Lipinski definition) is 2. The second-order valence-corrected chi connectivity index (χ2v) is 7.47. The summed E-state index contributed by atoms with van der Waals surface area (Å²) in [5, 5.41) is 6.79. The maximum atomic E-state index is 12.3. The molecule has 1 unspecified atom stereocenters. The Hall–Kier alpha value is -1.55. The molecule has 0 aliphatic heterocycles. The molecule has 2 amide bonds. The summed E-state index contributed by atoms with van der Waals surface area (Å²) in [6, 6.07) is 7.93. The molecule has 1 aliphatic carbocycles. The van der Waals surface area contributed by atoms with Crippen LogP contribution in [0, 0.1) is 11.8 Å². The van der Waals surface area contributed by atoms with Crippen molar-refractivity contribution >= 4 is 23.4 Å². The fourth-order valence-corrected chi connectivity index (χ4v) is 3.46. The van der Waals surface area contributed by atoms with Gasteiger partial charge in [-0.2, -0.15) is 0 Å². The van der Waals surface area contributed by atoms with Crippen LogP contribution in [-0.2, 0) is 16.0 Å². The summed E-state index contributed by atoms with van der Waals surface area (Å²) in [7, 11) is 0. The number of carbonyl (C=O) groups excluding carboxylic acids is 2. The van der Waals surface area contributed by atoms with E-state index in [-0.39, 0.29) is 29.7 Å². The Morgan fingerprint density at radius 2 is 1.80 bits per heavy atom. The molecule has 2 N–H and O–H groups in total. The number of amides is 2. The van der Waals surface area contributed by atoms with E-state index in [9.17, 15) is 9.59 Å². The molecule has 0 radical (unpaired) electrons. The van der Waals surface area contributed by atoms with E-state index in [0.29, 0.717) is 6.54 Å². The quantitative estimate of drug-likeness (QED) is 0.774. The normalized spacial score (nSPS) is 21.4. The second kappa shape index (κ2) is 9.81. The number of hydrogen-bond acceptors (Lipinski definition) is 2. The predicted octanol–water partition coefficient (Wildman–Crippen LogP) is 3.72. The Labute approximate surface area is 155 Å². The number of rotatable bonds is 7. The third kappa shape index (κ3) is 6.35. The fraction of sp³-hybridized carbons (Fsp3) is 0.600. The van der Waals surface area contributed by atoms with Crippen LogP contribution in [0.15, 0.2) is 24.3 Å². The molecule has 1 aromatic carbocycles. The summed E-state index contributed by atoms with van der Waals surface area (Å²) in [4.78, 5) is 24.5. The van der Waals surface area contributed by atoms with Crippen molar-refractivity contribution in [3.63, 3.8) is 0 Å². The van der Waals surface area contributed by atoms with Crippen molar-refractivity contribution in [2.75, 3.05) is 6.54 Å². The third-order valence-corrected chi connectivity index (χ3v) is 5.31. The minimum absolute atomic E-state index is 0.0343. The van der Waals surface area contributed by atoms with E-state index < -0.39 is 0 Å². The third-order valence-electron chi connectivity index (χ3n) is 5.07. The number of carbonyl (C=O) groups is 2. The van der Waals surface area contributed by atoms with E-state index in [1.807, 2.05) is 31.2 Å². The highest BCUT2D eigenvalue weighted by Crippen LogP contribution is 2.29. The van der Waals surface area contributed by atoms with Crippen molar-refractivity contribution in [1.82, 2.24) is 10.6 Å². The van der Waals surface area contributed by atoms with Gasteiger partial charge in [0.2, 0.25) is 11.8 Å². The highest BCUT2D eigenvalue weighted by Gasteiger charge is 2.30. The van der Waals surface area contributed by atoms with Crippen molar-refractivity contribution < 1.29 is 9.59 Å². The van der Waals surface area contributed by atoms with Crippen molar-refractivity contribution in [2.24, 2.45) is 11.8 Å². The van der Waals surface area contributed by atoms with Gasteiger partial charge in [0.25, 0.3) is 0 Å². The van der Waals surface area contributed by atoms with Gasteiger partial charge in [-0.15, -0.1) is 0 Å². The van der Waals surface area contributed by atoms with Crippen molar-refractivity contribution in [2.45, 2.75) is 58.4 Å². The Kier molecular flexibility index (Phi) is 7.76.